The first-order valence-corrected chi connectivity index (χ1v) is 14.3. The Kier molecular flexibility index (Phi) is 13.0. The molecule has 2 aliphatic heterocycles. The third-order valence-electron chi connectivity index (χ3n) is 6.78. The summed E-state index contributed by atoms with van der Waals surface area (Å²) in [5, 5.41) is 18.2. The van der Waals surface area contributed by atoms with Crippen molar-refractivity contribution in [2.45, 2.75) is 71.0 Å². The van der Waals surface area contributed by atoms with E-state index in [2.05, 4.69) is 15.2 Å². The highest BCUT2D eigenvalue weighted by Gasteiger charge is 2.24. The molecule has 1 aromatic carbocycles. The Bertz CT molecular complexity index is 1200. The van der Waals surface area contributed by atoms with E-state index in [0.717, 1.165) is 19.3 Å². The van der Waals surface area contributed by atoms with Crippen LogP contribution in [0.1, 0.15) is 66.9 Å². The average molecular weight is 588 g/mol. The Morgan fingerprint density at radius 2 is 2.05 bits per heavy atom. The molecule has 11 nitrogen and oxygen atoms in total. The molecule has 0 radical (unpaired) electrons. The number of carbonyl (C=O) groups is 2. The Morgan fingerprint density at radius 3 is 2.80 bits per heavy atom. The van der Waals surface area contributed by atoms with Gasteiger partial charge in [0.25, 0.3) is 5.91 Å². The van der Waals surface area contributed by atoms with Crippen molar-refractivity contribution in [3.63, 3.8) is 0 Å². The van der Waals surface area contributed by atoms with Crippen LogP contribution in [0, 0.1) is 6.92 Å². The van der Waals surface area contributed by atoms with E-state index in [0.29, 0.717) is 62.3 Å². The Labute approximate surface area is 245 Å². The summed E-state index contributed by atoms with van der Waals surface area (Å²) in [6.07, 6.45) is 11.3. The molecule has 0 spiro atoms. The molecule has 1 fully saturated rings. The number of nitrogens with zero attached hydrogens (tertiary/aromatic N) is 5. The second kappa shape index (κ2) is 16.7. The monoisotopic (exact) mass is 587 g/mol. The first-order valence-electron chi connectivity index (χ1n) is 13.9. The van der Waals surface area contributed by atoms with Crippen molar-refractivity contribution in [2.24, 2.45) is 10.3 Å². The van der Waals surface area contributed by atoms with Gasteiger partial charge >= 0.3 is 5.97 Å². The smallest absolute Gasteiger partial charge is 0.339 e. The maximum absolute atomic E-state index is 13.3. The number of oxime groups is 1. The first-order chi connectivity index (χ1) is 19.8. The largest absolute Gasteiger partial charge is 0.506 e. The molecule has 1 amide bonds. The van der Waals surface area contributed by atoms with E-state index in [1.807, 2.05) is 18.2 Å². The van der Waals surface area contributed by atoms with Crippen LogP contribution in [0.4, 0.5) is 0 Å². The van der Waals surface area contributed by atoms with Crippen LogP contribution in [0.15, 0.2) is 40.6 Å². The van der Waals surface area contributed by atoms with Gasteiger partial charge in [-0.3, -0.25) is 4.79 Å². The van der Waals surface area contributed by atoms with Crippen LogP contribution in [-0.4, -0.2) is 72.7 Å². The number of cyclic esters (lactones) is 1. The molecule has 0 bridgehead atoms. The van der Waals surface area contributed by atoms with Crippen molar-refractivity contribution < 1.29 is 29.0 Å². The lowest BCUT2D eigenvalue weighted by molar-refractivity contribution is -0.137. The molecule has 0 aromatic heterocycles. The quantitative estimate of drug-likeness (QED) is 0.0771. The fraction of sp³-hybridized carbons (Fsp3) is 0.552. The molecule has 1 saturated heterocycles. The predicted molar refractivity (Wildman–Crippen MR) is 156 cm³/mol. The molecular formula is C29H38ClN5O6. The number of amides is 1. The second-order valence-electron chi connectivity index (χ2n) is 10.1. The molecular weight excluding hydrogens is 550 g/mol. The number of benzene rings is 1. The number of azide groups is 1. The lowest BCUT2D eigenvalue weighted by atomic mass is 9.96. The zero-order chi connectivity index (χ0) is 29.6. The molecule has 1 N–H and O–H groups in total. The van der Waals surface area contributed by atoms with Gasteiger partial charge in [-0.2, -0.15) is 0 Å². The molecule has 41 heavy (non-hydrogen) atoms. The van der Waals surface area contributed by atoms with Crippen molar-refractivity contribution in [1.82, 2.24) is 4.90 Å². The number of carbonyl (C=O) groups excluding carboxylic acids is 2. The minimum atomic E-state index is -0.562. The van der Waals surface area contributed by atoms with Crippen molar-refractivity contribution in [2.75, 3.05) is 32.8 Å². The van der Waals surface area contributed by atoms with Crippen LogP contribution in [-0.2, 0) is 25.5 Å². The van der Waals surface area contributed by atoms with E-state index < -0.39 is 12.1 Å². The van der Waals surface area contributed by atoms with Gasteiger partial charge in [0.05, 0.1) is 22.4 Å². The number of piperidine rings is 1. The Morgan fingerprint density at radius 1 is 1.27 bits per heavy atom. The summed E-state index contributed by atoms with van der Waals surface area (Å²) in [6, 6.07) is 1.43. The molecule has 1 unspecified atom stereocenters. The number of rotatable bonds is 8. The normalized spacial score (nSPS) is 22.6. The summed E-state index contributed by atoms with van der Waals surface area (Å²) in [6.45, 7) is 5.44. The van der Waals surface area contributed by atoms with Crippen LogP contribution in [0.5, 0.6) is 5.75 Å². The number of likely N-dealkylation sites (tertiary alicyclic amines) is 1. The highest BCUT2D eigenvalue weighted by atomic mass is 35.5. The van der Waals surface area contributed by atoms with E-state index in [9.17, 15) is 14.7 Å². The minimum absolute atomic E-state index is 0.0222. The van der Waals surface area contributed by atoms with Crippen molar-refractivity contribution in [3.8, 4) is 5.75 Å². The molecule has 0 saturated carbocycles. The minimum Gasteiger partial charge on any atom is -0.506 e. The highest BCUT2D eigenvalue weighted by Crippen LogP contribution is 2.34. The number of esters is 1. The van der Waals surface area contributed by atoms with Gasteiger partial charge in [0.2, 0.25) is 0 Å². The highest BCUT2D eigenvalue weighted by molar-refractivity contribution is 6.33. The summed E-state index contributed by atoms with van der Waals surface area (Å²) in [4.78, 5) is 35.9. The molecule has 2 atom stereocenters. The lowest BCUT2D eigenvalue weighted by Gasteiger charge is -2.26. The molecule has 1 aromatic rings. The summed E-state index contributed by atoms with van der Waals surface area (Å²) in [5.74, 6) is -0.859. The zero-order valence-electron chi connectivity index (χ0n) is 23.6. The Balaban J connectivity index is 1.88. The van der Waals surface area contributed by atoms with Crippen LogP contribution in [0.2, 0.25) is 5.02 Å². The number of phenols is 1. The van der Waals surface area contributed by atoms with E-state index in [1.165, 1.54) is 6.07 Å². The van der Waals surface area contributed by atoms with Crippen molar-refractivity contribution >= 4 is 29.2 Å². The molecule has 2 aliphatic rings. The van der Waals surface area contributed by atoms with Crippen LogP contribution < -0.4 is 0 Å². The summed E-state index contributed by atoms with van der Waals surface area (Å²) >= 11 is 6.50. The SMILES string of the molecule is Cc1cc(O)c(Cl)c2c1C(=O)O[C@H](C)C/C=C/C(OCCCN=[N+]=[N-])C/C=C/C(=N/OCC(=O)N1CCCCC1)C2. The number of allylic oxidation sites excluding steroid dienone is 1. The fourth-order valence-corrected chi connectivity index (χ4v) is 4.88. The number of hydrogen-bond acceptors (Lipinski definition) is 8. The maximum atomic E-state index is 13.3. The van der Waals surface area contributed by atoms with Gasteiger partial charge in [0.15, 0.2) is 6.61 Å². The van der Waals surface area contributed by atoms with E-state index in [-0.39, 0.29) is 41.4 Å². The summed E-state index contributed by atoms with van der Waals surface area (Å²) in [5.41, 5.74) is 9.99. The fourth-order valence-electron chi connectivity index (χ4n) is 4.67. The summed E-state index contributed by atoms with van der Waals surface area (Å²) in [7, 11) is 0. The summed E-state index contributed by atoms with van der Waals surface area (Å²) < 4.78 is 11.7. The number of fused-ring (bicyclic) bond motifs is 1. The topological polar surface area (TPSA) is 146 Å². The van der Waals surface area contributed by atoms with Gasteiger partial charge < -0.3 is 24.3 Å². The van der Waals surface area contributed by atoms with E-state index in [4.69, 9.17) is 31.4 Å². The van der Waals surface area contributed by atoms with Gasteiger partial charge in [-0.05, 0) is 74.8 Å². The standard InChI is InChI=1S/C29H38ClN5O6/c1-20-17-25(36)28(30)24-18-22(33-40-19-26(37)35-14-4-3-5-15-35)10-7-12-23(39-16-8-13-32-34-31)11-6-9-21(2)41-29(38)27(20)24/h6-7,10-11,17,21,23,36H,3-5,8-9,12-16,18-19H2,1-2H3/b10-7+,11-6+,33-22-/t21-,23?/m1/s1. The van der Waals surface area contributed by atoms with Gasteiger partial charge in [0, 0.05) is 44.0 Å². The second-order valence-corrected chi connectivity index (χ2v) is 10.5. The van der Waals surface area contributed by atoms with Gasteiger partial charge in [-0.15, -0.1) is 0 Å². The predicted octanol–water partition coefficient (Wildman–Crippen LogP) is 5.82. The lowest BCUT2D eigenvalue weighted by Crippen LogP contribution is -2.37. The van der Waals surface area contributed by atoms with Gasteiger partial charge in [-0.1, -0.05) is 40.1 Å². The average Bonchev–Trinajstić information content (AvgIpc) is 2.95. The van der Waals surface area contributed by atoms with Crippen LogP contribution >= 0.6 is 11.6 Å². The molecule has 2 heterocycles. The number of phenolic OH excluding ortho intramolecular Hbond substituents is 1. The third kappa shape index (κ3) is 10.1. The van der Waals surface area contributed by atoms with Crippen molar-refractivity contribution in [3.05, 3.63) is 62.5 Å². The number of aryl methyl sites for hydroxylation is 1. The Hall–Kier alpha value is -3.53. The number of hydrogen-bond donors (Lipinski definition) is 1. The maximum Gasteiger partial charge on any atom is 0.339 e. The van der Waals surface area contributed by atoms with Gasteiger partial charge in [-0.25, -0.2) is 4.79 Å². The zero-order valence-corrected chi connectivity index (χ0v) is 24.4. The van der Waals surface area contributed by atoms with Crippen molar-refractivity contribution in [1.29, 1.82) is 0 Å². The van der Waals surface area contributed by atoms with Gasteiger partial charge in [0.1, 0.15) is 11.9 Å². The van der Waals surface area contributed by atoms with E-state index >= 15 is 0 Å². The molecule has 12 heteroatoms. The first kappa shape index (κ1) is 32.0. The molecule has 222 valence electrons. The van der Waals surface area contributed by atoms with E-state index in [1.54, 1.807) is 24.8 Å². The molecule has 3 rings (SSSR count). The number of halogens is 1. The molecule has 0 aliphatic carbocycles. The number of ether oxygens (including phenoxy) is 2. The number of aromatic hydroxyl groups is 1. The van der Waals surface area contributed by atoms with Crippen LogP contribution in [0.25, 0.3) is 10.4 Å². The van der Waals surface area contributed by atoms with Crippen LogP contribution in [0.3, 0.4) is 0 Å². The third-order valence-corrected chi connectivity index (χ3v) is 7.20.